The fraction of sp³-hybridized carbons (Fsp3) is 0.188. The Labute approximate surface area is 117 Å². The van der Waals surface area contributed by atoms with Crippen LogP contribution in [0.15, 0.2) is 54.6 Å². The van der Waals surface area contributed by atoms with E-state index in [2.05, 4.69) is 4.74 Å². The number of methoxy groups -OCH3 is 1. The zero-order valence-electron chi connectivity index (χ0n) is 11.1. The zero-order valence-corrected chi connectivity index (χ0v) is 11.1. The van der Waals surface area contributed by atoms with Crippen molar-refractivity contribution in [2.24, 2.45) is 0 Å². The van der Waals surface area contributed by atoms with Crippen LogP contribution in [-0.4, -0.2) is 23.3 Å². The third-order valence-corrected chi connectivity index (χ3v) is 3.11. The molecule has 20 heavy (non-hydrogen) atoms. The normalized spacial score (nSPS) is 13.6. The number of aliphatic hydroxyl groups is 2. The summed E-state index contributed by atoms with van der Waals surface area (Å²) in [7, 11) is 1.22. The van der Waals surface area contributed by atoms with Crippen molar-refractivity contribution in [3.8, 4) is 0 Å². The summed E-state index contributed by atoms with van der Waals surface area (Å²) in [5.41, 5.74) is 1.91. The van der Waals surface area contributed by atoms with Gasteiger partial charge >= 0.3 is 5.97 Å². The number of hydrogen-bond donors (Lipinski definition) is 2. The van der Waals surface area contributed by atoms with E-state index in [1.165, 1.54) is 7.11 Å². The highest BCUT2D eigenvalue weighted by atomic mass is 16.5. The number of esters is 1. The van der Waals surface area contributed by atoms with E-state index in [0.29, 0.717) is 11.1 Å². The Morgan fingerprint density at radius 2 is 1.40 bits per heavy atom. The Morgan fingerprint density at radius 3 is 1.95 bits per heavy atom. The van der Waals surface area contributed by atoms with Gasteiger partial charge in [-0.1, -0.05) is 54.6 Å². The summed E-state index contributed by atoms with van der Waals surface area (Å²) >= 11 is 0. The van der Waals surface area contributed by atoms with E-state index in [1.807, 2.05) is 30.3 Å². The van der Waals surface area contributed by atoms with Crippen molar-refractivity contribution < 1.29 is 19.7 Å². The summed E-state index contributed by atoms with van der Waals surface area (Å²) in [6.07, 6.45) is -2.04. The zero-order chi connectivity index (χ0) is 14.5. The molecule has 104 valence electrons. The van der Waals surface area contributed by atoms with Crippen LogP contribution in [0.25, 0.3) is 0 Å². The fourth-order valence-corrected chi connectivity index (χ4v) is 1.94. The number of carbonyl (C=O) groups excluding carboxylic acids is 1. The smallest absolute Gasteiger partial charge is 0.339 e. The van der Waals surface area contributed by atoms with Crippen molar-refractivity contribution in [2.75, 3.05) is 7.11 Å². The van der Waals surface area contributed by atoms with Gasteiger partial charge in [-0.15, -0.1) is 0 Å². The molecular weight excluding hydrogens is 256 g/mol. The van der Waals surface area contributed by atoms with Crippen molar-refractivity contribution in [2.45, 2.75) is 12.2 Å². The highest BCUT2D eigenvalue weighted by molar-refractivity contribution is 5.76. The van der Waals surface area contributed by atoms with Gasteiger partial charge < -0.3 is 14.9 Å². The first-order chi connectivity index (χ1) is 9.63. The third kappa shape index (κ3) is 3.04. The molecule has 0 radical (unpaired) electrons. The molecule has 4 heteroatoms. The summed E-state index contributed by atoms with van der Waals surface area (Å²) in [4.78, 5) is 11.2. The molecule has 2 rings (SSSR count). The average molecular weight is 272 g/mol. The Morgan fingerprint density at radius 1 is 0.900 bits per heavy atom. The molecule has 0 aromatic heterocycles. The van der Waals surface area contributed by atoms with E-state index in [9.17, 15) is 15.0 Å². The van der Waals surface area contributed by atoms with E-state index in [4.69, 9.17) is 0 Å². The first kappa shape index (κ1) is 14.2. The van der Waals surface area contributed by atoms with Crippen molar-refractivity contribution in [1.29, 1.82) is 0 Å². The molecule has 4 nitrogen and oxygen atoms in total. The molecule has 2 atom stereocenters. The molecule has 2 aromatic carbocycles. The van der Waals surface area contributed by atoms with Crippen LogP contribution >= 0.6 is 0 Å². The quantitative estimate of drug-likeness (QED) is 0.835. The molecule has 0 aliphatic carbocycles. The molecule has 0 saturated heterocycles. The Hall–Kier alpha value is -2.17. The summed E-state index contributed by atoms with van der Waals surface area (Å²) < 4.78 is 4.48. The monoisotopic (exact) mass is 272 g/mol. The molecule has 0 fully saturated rings. The van der Waals surface area contributed by atoms with Gasteiger partial charge in [-0.3, -0.25) is 0 Å². The molecule has 0 saturated carbocycles. The number of carbonyl (C=O) groups is 1. The fourth-order valence-electron chi connectivity index (χ4n) is 1.94. The van der Waals surface area contributed by atoms with Crippen LogP contribution < -0.4 is 0 Å². The lowest BCUT2D eigenvalue weighted by molar-refractivity contribution is -0.150. The second kappa shape index (κ2) is 6.32. The van der Waals surface area contributed by atoms with Gasteiger partial charge in [-0.2, -0.15) is 0 Å². The van der Waals surface area contributed by atoms with E-state index in [-0.39, 0.29) is 0 Å². The third-order valence-electron chi connectivity index (χ3n) is 3.11. The second-order valence-corrected chi connectivity index (χ2v) is 4.41. The minimum Gasteiger partial charge on any atom is -0.467 e. The van der Waals surface area contributed by atoms with Gasteiger partial charge in [0.05, 0.1) is 7.11 Å². The predicted octanol–water partition coefficient (Wildman–Crippen LogP) is 1.97. The van der Waals surface area contributed by atoms with E-state index < -0.39 is 18.2 Å². The van der Waals surface area contributed by atoms with Crippen molar-refractivity contribution in [1.82, 2.24) is 0 Å². The van der Waals surface area contributed by atoms with Crippen molar-refractivity contribution in [3.63, 3.8) is 0 Å². The summed E-state index contributed by atoms with van der Waals surface area (Å²) in [6, 6.07) is 15.8. The van der Waals surface area contributed by atoms with E-state index in [1.54, 1.807) is 24.3 Å². The highest BCUT2D eigenvalue weighted by Gasteiger charge is 2.18. The molecule has 0 aliphatic rings. The number of hydrogen-bond acceptors (Lipinski definition) is 4. The molecule has 2 aromatic rings. The highest BCUT2D eigenvalue weighted by Crippen LogP contribution is 2.23. The van der Waals surface area contributed by atoms with Crippen LogP contribution in [0.2, 0.25) is 0 Å². The second-order valence-electron chi connectivity index (χ2n) is 4.41. The maximum Gasteiger partial charge on any atom is 0.339 e. The summed E-state index contributed by atoms with van der Waals surface area (Å²) in [6.45, 7) is 0. The molecule has 0 heterocycles. The molecule has 2 N–H and O–H groups in total. The van der Waals surface area contributed by atoms with Gasteiger partial charge in [0.15, 0.2) is 6.10 Å². The van der Waals surface area contributed by atoms with Gasteiger partial charge in [0.25, 0.3) is 0 Å². The molecule has 0 bridgehead atoms. The maximum atomic E-state index is 11.2. The van der Waals surface area contributed by atoms with Gasteiger partial charge in [0.2, 0.25) is 0 Å². The Kier molecular flexibility index (Phi) is 4.50. The lowest BCUT2D eigenvalue weighted by atomic mass is 9.99. The SMILES string of the molecule is COC(=O)C(O)c1ccc(C(O)c2ccccc2)cc1. The molecule has 0 aliphatic heterocycles. The maximum absolute atomic E-state index is 11.2. The van der Waals surface area contributed by atoms with Crippen LogP contribution in [0.5, 0.6) is 0 Å². The van der Waals surface area contributed by atoms with Gasteiger partial charge in [0, 0.05) is 0 Å². The van der Waals surface area contributed by atoms with Crippen molar-refractivity contribution >= 4 is 5.97 Å². The molecule has 0 spiro atoms. The first-order valence-electron chi connectivity index (χ1n) is 6.22. The van der Waals surface area contributed by atoms with Gasteiger partial charge in [-0.05, 0) is 16.7 Å². The number of aliphatic hydroxyl groups excluding tert-OH is 2. The van der Waals surface area contributed by atoms with Crippen LogP contribution in [0.3, 0.4) is 0 Å². The topological polar surface area (TPSA) is 66.8 Å². The summed E-state index contributed by atoms with van der Waals surface area (Å²) in [5.74, 6) is -0.707. The van der Waals surface area contributed by atoms with Gasteiger partial charge in [-0.25, -0.2) is 4.79 Å². The Bertz CT molecular complexity index is 563. The molecular formula is C16H16O4. The van der Waals surface area contributed by atoms with Crippen molar-refractivity contribution in [3.05, 3.63) is 71.3 Å². The van der Waals surface area contributed by atoms with Crippen LogP contribution in [0, 0.1) is 0 Å². The molecule has 2 unspecified atom stereocenters. The lowest BCUT2D eigenvalue weighted by Crippen LogP contribution is -2.13. The van der Waals surface area contributed by atoms with Crippen LogP contribution in [0.1, 0.15) is 28.9 Å². The minimum absolute atomic E-state index is 0.431. The standard InChI is InChI=1S/C16H16O4/c1-20-16(19)15(18)13-9-7-12(8-10-13)14(17)11-5-3-2-4-6-11/h2-10,14-15,17-18H,1H3. The minimum atomic E-state index is -1.30. The van der Waals surface area contributed by atoms with Gasteiger partial charge in [0.1, 0.15) is 6.10 Å². The van der Waals surface area contributed by atoms with Crippen LogP contribution in [0.4, 0.5) is 0 Å². The first-order valence-corrected chi connectivity index (χ1v) is 6.22. The number of ether oxygens (including phenoxy) is 1. The van der Waals surface area contributed by atoms with Crippen LogP contribution in [-0.2, 0) is 9.53 Å². The van der Waals surface area contributed by atoms with E-state index in [0.717, 1.165) is 5.56 Å². The largest absolute Gasteiger partial charge is 0.467 e. The predicted molar refractivity (Wildman–Crippen MR) is 73.9 cm³/mol. The molecule has 0 amide bonds. The summed E-state index contributed by atoms with van der Waals surface area (Å²) in [5, 5.41) is 19.9. The average Bonchev–Trinajstić information content (AvgIpc) is 2.53. The Balaban J connectivity index is 2.18. The lowest BCUT2D eigenvalue weighted by Gasteiger charge is -2.13. The van der Waals surface area contributed by atoms with E-state index >= 15 is 0 Å². The number of rotatable bonds is 4. The number of benzene rings is 2.